The number of hydrogen-bond donors (Lipinski definition) is 0. The third-order valence-electron chi connectivity index (χ3n) is 1.92. The summed E-state index contributed by atoms with van der Waals surface area (Å²) in [6.45, 7) is 0. The molecule has 0 aliphatic heterocycles. The van der Waals surface area contributed by atoms with Crippen LogP contribution in [0.1, 0.15) is 14.7 Å². The highest BCUT2D eigenvalue weighted by molar-refractivity contribution is 7.22. The summed E-state index contributed by atoms with van der Waals surface area (Å²) in [5.41, 5.74) is 0. The molecule has 0 atom stereocenters. The quantitative estimate of drug-likeness (QED) is 0.788. The van der Waals surface area contributed by atoms with Gasteiger partial charge >= 0.3 is 12.1 Å². The Labute approximate surface area is 117 Å². The summed E-state index contributed by atoms with van der Waals surface area (Å²) in [6, 6.07) is 0. The Kier molecular flexibility index (Phi) is 3.79. The van der Waals surface area contributed by atoms with Crippen LogP contribution in [0, 0.1) is 0 Å². The topological polar surface area (TPSA) is 52.1 Å². The first-order valence-corrected chi connectivity index (χ1v) is 6.62. The fourth-order valence-electron chi connectivity index (χ4n) is 1.13. The van der Waals surface area contributed by atoms with Gasteiger partial charge in [0.2, 0.25) is 0 Å². The van der Waals surface area contributed by atoms with Gasteiger partial charge in [-0.2, -0.15) is 13.2 Å². The SMILES string of the molecule is COC(=O)c1sc(-c2cnc(C(F)(F)F)s2)nc1Cl. The molecule has 2 aromatic heterocycles. The normalized spacial score (nSPS) is 11.6. The van der Waals surface area contributed by atoms with Crippen molar-refractivity contribution in [1.82, 2.24) is 9.97 Å². The number of rotatable bonds is 2. The van der Waals surface area contributed by atoms with Crippen LogP contribution in [0.5, 0.6) is 0 Å². The van der Waals surface area contributed by atoms with Gasteiger partial charge in [-0.05, 0) is 0 Å². The molecule has 10 heteroatoms. The number of nitrogens with zero attached hydrogens (tertiary/aromatic N) is 2. The van der Waals surface area contributed by atoms with Crippen molar-refractivity contribution < 1.29 is 22.7 Å². The lowest BCUT2D eigenvalue weighted by Crippen LogP contribution is -2.02. The van der Waals surface area contributed by atoms with Gasteiger partial charge in [0, 0.05) is 6.20 Å². The molecule has 0 aliphatic rings. The first-order valence-electron chi connectivity index (χ1n) is 4.61. The standard InChI is InChI=1S/C9H4ClF3N2O2S2/c1-17-7(16)4-5(10)15-6(19-4)3-2-14-8(18-3)9(11,12)13/h2H,1H3. The van der Waals surface area contributed by atoms with Crippen molar-refractivity contribution in [2.24, 2.45) is 0 Å². The molecular weight excluding hydrogens is 325 g/mol. The van der Waals surface area contributed by atoms with Gasteiger partial charge in [0.1, 0.15) is 5.01 Å². The van der Waals surface area contributed by atoms with Crippen molar-refractivity contribution in [3.8, 4) is 9.88 Å². The summed E-state index contributed by atoms with van der Waals surface area (Å²) in [4.78, 5) is 18.6. The monoisotopic (exact) mass is 328 g/mol. The highest BCUT2D eigenvalue weighted by Crippen LogP contribution is 2.39. The molecule has 0 saturated carbocycles. The summed E-state index contributed by atoms with van der Waals surface area (Å²) >= 11 is 7.02. The van der Waals surface area contributed by atoms with E-state index in [2.05, 4.69) is 14.7 Å². The smallest absolute Gasteiger partial charge is 0.443 e. The maximum Gasteiger partial charge on any atom is 0.443 e. The zero-order chi connectivity index (χ0) is 14.2. The number of aromatic nitrogens is 2. The molecular formula is C9H4ClF3N2O2S2. The molecule has 0 aliphatic carbocycles. The molecule has 0 N–H and O–H groups in total. The first kappa shape index (κ1) is 14.2. The van der Waals surface area contributed by atoms with E-state index in [9.17, 15) is 18.0 Å². The van der Waals surface area contributed by atoms with Crippen LogP contribution in [-0.2, 0) is 10.9 Å². The van der Waals surface area contributed by atoms with Crippen molar-refractivity contribution >= 4 is 40.2 Å². The second kappa shape index (κ2) is 5.06. The minimum atomic E-state index is -4.50. The number of carbonyl (C=O) groups excluding carboxylic acids is 1. The van der Waals surface area contributed by atoms with Crippen molar-refractivity contribution in [1.29, 1.82) is 0 Å². The van der Waals surface area contributed by atoms with Crippen LogP contribution >= 0.6 is 34.3 Å². The molecule has 0 unspecified atom stereocenters. The highest BCUT2D eigenvalue weighted by atomic mass is 35.5. The molecule has 0 radical (unpaired) electrons. The van der Waals surface area contributed by atoms with Gasteiger partial charge < -0.3 is 4.74 Å². The second-order valence-corrected chi connectivity index (χ2v) is 5.55. The van der Waals surface area contributed by atoms with E-state index in [0.717, 1.165) is 17.5 Å². The van der Waals surface area contributed by atoms with Gasteiger partial charge in [-0.15, -0.1) is 22.7 Å². The van der Waals surface area contributed by atoms with Crippen LogP contribution in [0.2, 0.25) is 5.15 Å². The number of alkyl halides is 3. The largest absolute Gasteiger partial charge is 0.465 e. The number of esters is 1. The third kappa shape index (κ3) is 2.88. The van der Waals surface area contributed by atoms with E-state index in [1.807, 2.05) is 0 Å². The summed E-state index contributed by atoms with van der Waals surface area (Å²) in [7, 11) is 1.17. The Morgan fingerprint density at radius 3 is 2.63 bits per heavy atom. The average molecular weight is 329 g/mol. The molecule has 0 bridgehead atoms. The molecule has 2 aromatic rings. The Balaban J connectivity index is 2.38. The highest BCUT2D eigenvalue weighted by Gasteiger charge is 2.35. The average Bonchev–Trinajstić information content (AvgIpc) is 2.93. The zero-order valence-corrected chi connectivity index (χ0v) is 11.5. The number of ether oxygens (including phenoxy) is 1. The maximum absolute atomic E-state index is 12.4. The van der Waals surface area contributed by atoms with E-state index in [1.165, 1.54) is 7.11 Å². The molecule has 4 nitrogen and oxygen atoms in total. The molecule has 2 rings (SSSR count). The molecule has 0 aromatic carbocycles. The molecule has 19 heavy (non-hydrogen) atoms. The van der Waals surface area contributed by atoms with Gasteiger partial charge in [0.05, 0.1) is 12.0 Å². The second-order valence-electron chi connectivity index (χ2n) is 3.16. The van der Waals surface area contributed by atoms with E-state index >= 15 is 0 Å². The van der Waals surface area contributed by atoms with Crippen LogP contribution in [0.25, 0.3) is 9.88 Å². The molecule has 2 heterocycles. The van der Waals surface area contributed by atoms with E-state index in [-0.39, 0.29) is 19.9 Å². The van der Waals surface area contributed by atoms with Crippen LogP contribution in [0.3, 0.4) is 0 Å². The van der Waals surface area contributed by atoms with Crippen LogP contribution < -0.4 is 0 Å². The lowest BCUT2D eigenvalue weighted by molar-refractivity contribution is -0.137. The minimum absolute atomic E-state index is 0.0427. The van der Waals surface area contributed by atoms with E-state index in [1.54, 1.807) is 0 Å². The van der Waals surface area contributed by atoms with Gasteiger partial charge in [-0.1, -0.05) is 11.6 Å². The van der Waals surface area contributed by atoms with E-state index in [0.29, 0.717) is 11.3 Å². The number of carbonyl (C=O) groups is 1. The summed E-state index contributed by atoms with van der Waals surface area (Å²) < 4.78 is 41.7. The third-order valence-corrected chi connectivity index (χ3v) is 4.55. The summed E-state index contributed by atoms with van der Waals surface area (Å²) in [6.07, 6.45) is -3.46. The lowest BCUT2D eigenvalue weighted by atomic mass is 10.5. The van der Waals surface area contributed by atoms with Crippen LogP contribution in [0.15, 0.2) is 6.20 Å². The van der Waals surface area contributed by atoms with Crippen molar-refractivity contribution in [3.63, 3.8) is 0 Å². The predicted octanol–water partition coefficient (Wildman–Crippen LogP) is 3.73. The zero-order valence-electron chi connectivity index (χ0n) is 9.12. The number of halogens is 4. The number of methoxy groups -OCH3 is 1. The Morgan fingerprint density at radius 1 is 1.42 bits per heavy atom. The Bertz CT molecular complexity index is 623. The first-order chi connectivity index (χ1) is 8.82. The van der Waals surface area contributed by atoms with Crippen molar-refractivity contribution in [2.75, 3.05) is 7.11 Å². The summed E-state index contributed by atoms with van der Waals surface area (Å²) in [5.74, 6) is -0.686. The fourth-order valence-corrected chi connectivity index (χ4v) is 3.15. The molecule has 0 saturated heterocycles. The predicted molar refractivity (Wildman–Crippen MR) is 64.6 cm³/mol. The van der Waals surface area contributed by atoms with Gasteiger partial charge in [0.15, 0.2) is 15.0 Å². The van der Waals surface area contributed by atoms with Crippen LogP contribution in [-0.4, -0.2) is 23.0 Å². The Hall–Kier alpha value is -1.19. The maximum atomic E-state index is 12.4. The van der Waals surface area contributed by atoms with Crippen molar-refractivity contribution in [2.45, 2.75) is 6.18 Å². The minimum Gasteiger partial charge on any atom is -0.465 e. The van der Waals surface area contributed by atoms with Gasteiger partial charge in [-0.3, -0.25) is 0 Å². The van der Waals surface area contributed by atoms with Crippen LogP contribution in [0.4, 0.5) is 13.2 Å². The number of hydrogen-bond acceptors (Lipinski definition) is 6. The fraction of sp³-hybridized carbons (Fsp3) is 0.222. The van der Waals surface area contributed by atoms with Gasteiger partial charge in [0.25, 0.3) is 0 Å². The number of thiazole rings is 2. The van der Waals surface area contributed by atoms with E-state index in [4.69, 9.17) is 11.6 Å². The molecule has 0 fully saturated rings. The van der Waals surface area contributed by atoms with Crippen molar-refractivity contribution in [3.05, 3.63) is 21.2 Å². The molecule has 0 spiro atoms. The molecule has 0 amide bonds. The lowest BCUT2D eigenvalue weighted by Gasteiger charge is -1.98. The van der Waals surface area contributed by atoms with Gasteiger partial charge in [-0.25, -0.2) is 14.8 Å². The summed E-state index contributed by atoms with van der Waals surface area (Å²) in [5, 5.41) is -0.888. The van der Waals surface area contributed by atoms with E-state index < -0.39 is 17.2 Å². The Morgan fingerprint density at radius 2 is 2.11 bits per heavy atom. The molecule has 102 valence electrons.